The highest BCUT2D eigenvalue weighted by atomic mass is 16.2. The van der Waals surface area contributed by atoms with E-state index in [1.165, 1.54) is 5.56 Å². The van der Waals surface area contributed by atoms with Gasteiger partial charge in [0.25, 0.3) is 5.91 Å². The summed E-state index contributed by atoms with van der Waals surface area (Å²) in [4.78, 5) is 27.3. The van der Waals surface area contributed by atoms with Gasteiger partial charge in [-0.1, -0.05) is 42.5 Å². The molecule has 0 unspecified atom stereocenters. The van der Waals surface area contributed by atoms with Gasteiger partial charge in [-0.2, -0.15) is 0 Å². The topological polar surface area (TPSA) is 73.5 Å². The maximum Gasteiger partial charge on any atom is 0.323 e. The van der Waals surface area contributed by atoms with Gasteiger partial charge in [0, 0.05) is 37.7 Å². The first-order valence-corrected chi connectivity index (χ1v) is 10.6. The molecule has 0 fully saturated rings. The predicted octanol–water partition coefficient (Wildman–Crippen LogP) is 4.99. The zero-order chi connectivity index (χ0) is 23.1. The monoisotopic (exact) mass is 430 g/mol. The van der Waals surface area contributed by atoms with Crippen molar-refractivity contribution in [2.24, 2.45) is 0 Å². The fourth-order valence-corrected chi connectivity index (χ4v) is 3.42. The molecule has 0 radical (unpaired) electrons. The lowest BCUT2D eigenvalue weighted by molar-refractivity contribution is 0.0954. The van der Waals surface area contributed by atoms with Crippen LogP contribution in [0.2, 0.25) is 0 Å². The number of nitrogens with zero attached hydrogens (tertiary/aromatic N) is 1. The van der Waals surface area contributed by atoms with Crippen molar-refractivity contribution >= 4 is 29.0 Å². The highest BCUT2D eigenvalue weighted by Gasteiger charge is 2.15. The van der Waals surface area contributed by atoms with Gasteiger partial charge < -0.3 is 20.9 Å². The SMILES string of the molecule is Cc1cccc(NC(=O)Nc2ccc(N(C)C)c(C(=O)NCCc3ccccc3)c2)c1C. The quantitative estimate of drug-likeness (QED) is 0.495. The highest BCUT2D eigenvalue weighted by Crippen LogP contribution is 2.24. The van der Waals surface area contributed by atoms with Crippen molar-refractivity contribution in [1.82, 2.24) is 5.32 Å². The first-order chi connectivity index (χ1) is 15.3. The molecule has 0 saturated heterocycles. The van der Waals surface area contributed by atoms with Gasteiger partial charge in [0.05, 0.1) is 5.56 Å². The fraction of sp³-hybridized carbons (Fsp3) is 0.231. The fourth-order valence-electron chi connectivity index (χ4n) is 3.42. The van der Waals surface area contributed by atoms with Gasteiger partial charge in [-0.25, -0.2) is 4.79 Å². The molecule has 0 aliphatic heterocycles. The number of anilines is 3. The zero-order valence-corrected chi connectivity index (χ0v) is 19.0. The maximum atomic E-state index is 12.9. The predicted molar refractivity (Wildman–Crippen MR) is 132 cm³/mol. The number of carbonyl (C=O) groups excluding carboxylic acids is 2. The molecule has 0 bridgehead atoms. The van der Waals surface area contributed by atoms with Crippen LogP contribution in [0.5, 0.6) is 0 Å². The van der Waals surface area contributed by atoms with Crippen molar-refractivity contribution in [3.63, 3.8) is 0 Å². The van der Waals surface area contributed by atoms with E-state index in [-0.39, 0.29) is 11.9 Å². The molecule has 6 nitrogen and oxygen atoms in total. The molecule has 0 saturated carbocycles. The summed E-state index contributed by atoms with van der Waals surface area (Å²) in [6.45, 7) is 4.50. The summed E-state index contributed by atoms with van der Waals surface area (Å²) in [5.74, 6) is -0.178. The molecule has 3 aromatic rings. The molecule has 3 aromatic carbocycles. The third-order valence-electron chi connectivity index (χ3n) is 5.38. The van der Waals surface area contributed by atoms with Crippen molar-refractivity contribution in [3.8, 4) is 0 Å². The second kappa shape index (κ2) is 10.5. The Kier molecular flexibility index (Phi) is 7.49. The molecule has 6 heteroatoms. The van der Waals surface area contributed by atoms with E-state index in [0.717, 1.165) is 28.9 Å². The van der Waals surface area contributed by atoms with Gasteiger partial charge in [-0.15, -0.1) is 0 Å². The van der Waals surface area contributed by atoms with Gasteiger partial charge in [0.1, 0.15) is 0 Å². The van der Waals surface area contributed by atoms with E-state index in [1.807, 2.05) is 87.4 Å². The summed E-state index contributed by atoms with van der Waals surface area (Å²) in [5, 5.41) is 8.69. The van der Waals surface area contributed by atoms with Crippen LogP contribution in [0.3, 0.4) is 0 Å². The molecule has 3 N–H and O–H groups in total. The Labute approximate surface area is 189 Å². The second-order valence-corrected chi connectivity index (χ2v) is 7.94. The number of nitrogens with one attached hydrogen (secondary N) is 3. The Balaban J connectivity index is 1.69. The second-order valence-electron chi connectivity index (χ2n) is 7.94. The molecule has 0 heterocycles. The van der Waals surface area contributed by atoms with E-state index >= 15 is 0 Å². The molecule has 32 heavy (non-hydrogen) atoms. The summed E-state index contributed by atoms with van der Waals surface area (Å²) in [7, 11) is 3.77. The van der Waals surface area contributed by atoms with Crippen LogP contribution in [0.1, 0.15) is 27.0 Å². The van der Waals surface area contributed by atoms with Crippen LogP contribution in [0, 0.1) is 13.8 Å². The van der Waals surface area contributed by atoms with Crippen LogP contribution >= 0.6 is 0 Å². The van der Waals surface area contributed by atoms with Crippen molar-refractivity contribution in [3.05, 3.63) is 89.0 Å². The molecule has 166 valence electrons. The molecule has 3 rings (SSSR count). The average molecular weight is 431 g/mol. The normalized spacial score (nSPS) is 10.4. The van der Waals surface area contributed by atoms with Crippen LogP contribution in [0.4, 0.5) is 21.9 Å². The molecule has 0 atom stereocenters. The van der Waals surface area contributed by atoms with E-state index in [0.29, 0.717) is 17.8 Å². The van der Waals surface area contributed by atoms with Crippen molar-refractivity contribution in [2.45, 2.75) is 20.3 Å². The summed E-state index contributed by atoms with van der Waals surface area (Å²) in [6, 6.07) is 20.8. The lowest BCUT2D eigenvalue weighted by Gasteiger charge is -2.19. The van der Waals surface area contributed by atoms with E-state index in [9.17, 15) is 9.59 Å². The van der Waals surface area contributed by atoms with Crippen LogP contribution in [0.25, 0.3) is 0 Å². The van der Waals surface area contributed by atoms with E-state index in [1.54, 1.807) is 12.1 Å². The molecular formula is C26H30N4O2. The summed E-state index contributed by atoms with van der Waals surface area (Å²) >= 11 is 0. The lowest BCUT2D eigenvalue weighted by atomic mass is 10.1. The molecule has 0 aromatic heterocycles. The Morgan fingerprint density at radius 1 is 0.875 bits per heavy atom. The van der Waals surface area contributed by atoms with Gasteiger partial charge in [0.15, 0.2) is 0 Å². The van der Waals surface area contributed by atoms with E-state index in [2.05, 4.69) is 16.0 Å². The number of carbonyl (C=O) groups is 2. The van der Waals surface area contributed by atoms with Crippen molar-refractivity contribution in [1.29, 1.82) is 0 Å². The Hall–Kier alpha value is -3.80. The van der Waals surface area contributed by atoms with Crippen molar-refractivity contribution < 1.29 is 9.59 Å². The molecule has 0 aliphatic rings. The average Bonchev–Trinajstić information content (AvgIpc) is 2.77. The van der Waals surface area contributed by atoms with Crippen LogP contribution in [0.15, 0.2) is 66.7 Å². The number of urea groups is 1. The third kappa shape index (κ3) is 5.88. The Morgan fingerprint density at radius 3 is 2.34 bits per heavy atom. The van der Waals surface area contributed by atoms with E-state index < -0.39 is 0 Å². The minimum absolute atomic E-state index is 0.178. The smallest absolute Gasteiger partial charge is 0.323 e. The van der Waals surface area contributed by atoms with Crippen LogP contribution in [-0.2, 0) is 6.42 Å². The highest BCUT2D eigenvalue weighted by molar-refractivity contribution is 6.04. The number of amides is 3. The number of aryl methyl sites for hydroxylation is 1. The Morgan fingerprint density at radius 2 is 1.62 bits per heavy atom. The minimum atomic E-state index is -0.355. The van der Waals surface area contributed by atoms with E-state index in [4.69, 9.17) is 0 Å². The number of hydrogen-bond acceptors (Lipinski definition) is 3. The summed E-state index contributed by atoms with van der Waals surface area (Å²) in [6.07, 6.45) is 0.750. The standard InChI is InChI=1S/C26H30N4O2/c1-18-9-8-12-23(19(18)2)29-26(32)28-21-13-14-24(30(3)4)22(17-21)25(31)27-16-15-20-10-6-5-7-11-20/h5-14,17H,15-16H2,1-4H3,(H,27,31)(H2,28,29,32). The first kappa shape index (κ1) is 22.9. The molecule has 0 spiro atoms. The zero-order valence-electron chi connectivity index (χ0n) is 19.0. The third-order valence-corrected chi connectivity index (χ3v) is 5.38. The van der Waals surface area contributed by atoms with Gasteiger partial charge >= 0.3 is 6.03 Å². The molecule has 0 aliphatic carbocycles. The largest absolute Gasteiger partial charge is 0.377 e. The first-order valence-electron chi connectivity index (χ1n) is 10.6. The van der Waals surface area contributed by atoms with Gasteiger partial charge in [-0.05, 0) is 61.2 Å². The summed E-state index contributed by atoms with van der Waals surface area (Å²) in [5.41, 5.74) is 5.88. The maximum absolute atomic E-state index is 12.9. The molecular weight excluding hydrogens is 400 g/mol. The van der Waals surface area contributed by atoms with Gasteiger partial charge in [0.2, 0.25) is 0 Å². The number of rotatable bonds is 7. The van der Waals surface area contributed by atoms with Crippen LogP contribution in [-0.4, -0.2) is 32.6 Å². The van der Waals surface area contributed by atoms with Crippen molar-refractivity contribution in [2.75, 3.05) is 36.2 Å². The number of benzene rings is 3. The summed E-state index contributed by atoms with van der Waals surface area (Å²) < 4.78 is 0. The lowest BCUT2D eigenvalue weighted by Crippen LogP contribution is -2.28. The van der Waals surface area contributed by atoms with Crippen LogP contribution < -0.4 is 20.9 Å². The molecule has 3 amide bonds. The van der Waals surface area contributed by atoms with Gasteiger partial charge in [-0.3, -0.25) is 4.79 Å². The Bertz CT molecular complexity index is 1090. The minimum Gasteiger partial charge on any atom is -0.377 e. The number of hydrogen-bond donors (Lipinski definition) is 3.